The Balaban J connectivity index is 2.38. The summed E-state index contributed by atoms with van der Waals surface area (Å²) in [5, 5.41) is 39.0. The molecule has 0 aromatic carbocycles. The largest absolute Gasteiger partial charge is 0.481 e. The standard InChI is InChI=1S/C20H36O5/c1-2-3-6-9-15(21)12-13-17-16(18(22)14-19(17)23)10-7-4-5-8-11-20(24)25/h12-13,15-19,21-23H,2-11,14H2,1H3,(H,24,25)/b13-12+/t15-,16+,17+,18-,19-/m0/s1. The van der Waals surface area contributed by atoms with Gasteiger partial charge in [0, 0.05) is 18.8 Å². The Kier molecular flexibility index (Phi) is 11.0. The van der Waals surface area contributed by atoms with Crippen molar-refractivity contribution in [3.8, 4) is 0 Å². The molecular formula is C20H36O5. The fraction of sp³-hybridized carbons (Fsp3) is 0.850. The Bertz CT molecular complexity index is 396. The lowest BCUT2D eigenvalue weighted by Crippen LogP contribution is -2.21. The summed E-state index contributed by atoms with van der Waals surface area (Å²) >= 11 is 0. The topological polar surface area (TPSA) is 98.0 Å². The van der Waals surface area contributed by atoms with Crippen LogP contribution in [-0.4, -0.2) is 44.7 Å². The molecule has 5 atom stereocenters. The van der Waals surface area contributed by atoms with Crippen LogP contribution in [0.25, 0.3) is 0 Å². The molecule has 0 heterocycles. The molecule has 25 heavy (non-hydrogen) atoms. The molecule has 0 aliphatic heterocycles. The zero-order valence-corrected chi connectivity index (χ0v) is 15.5. The number of rotatable bonds is 13. The molecule has 5 nitrogen and oxygen atoms in total. The van der Waals surface area contributed by atoms with E-state index in [9.17, 15) is 20.1 Å². The van der Waals surface area contributed by atoms with Crippen LogP contribution in [0.1, 0.15) is 77.6 Å². The molecule has 0 aromatic rings. The van der Waals surface area contributed by atoms with Gasteiger partial charge in [-0.1, -0.05) is 57.6 Å². The van der Waals surface area contributed by atoms with E-state index in [0.717, 1.165) is 51.4 Å². The van der Waals surface area contributed by atoms with Crippen LogP contribution in [0, 0.1) is 11.8 Å². The Labute approximate surface area is 151 Å². The van der Waals surface area contributed by atoms with Gasteiger partial charge in [-0.3, -0.25) is 4.79 Å². The summed E-state index contributed by atoms with van der Waals surface area (Å²) in [5.41, 5.74) is 0. The average Bonchev–Trinajstić information content (AvgIpc) is 2.82. The first kappa shape index (κ1) is 22.1. The average molecular weight is 357 g/mol. The highest BCUT2D eigenvalue weighted by molar-refractivity contribution is 5.66. The number of carbonyl (C=O) groups is 1. The van der Waals surface area contributed by atoms with Crippen molar-refractivity contribution in [3.63, 3.8) is 0 Å². The monoisotopic (exact) mass is 356 g/mol. The van der Waals surface area contributed by atoms with Gasteiger partial charge in [0.1, 0.15) is 0 Å². The van der Waals surface area contributed by atoms with Crippen LogP contribution in [-0.2, 0) is 4.79 Å². The highest BCUT2D eigenvalue weighted by Gasteiger charge is 2.39. The summed E-state index contributed by atoms with van der Waals surface area (Å²) in [4.78, 5) is 10.5. The smallest absolute Gasteiger partial charge is 0.303 e. The number of hydrogen-bond donors (Lipinski definition) is 4. The van der Waals surface area contributed by atoms with Crippen molar-refractivity contribution >= 4 is 5.97 Å². The van der Waals surface area contributed by atoms with E-state index >= 15 is 0 Å². The van der Waals surface area contributed by atoms with Crippen molar-refractivity contribution in [1.29, 1.82) is 0 Å². The predicted octanol–water partition coefficient (Wildman–Crippen LogP) is 3.27. The molecule has 1 aliphatic rings. The highest BCUT2D eigenvalue weighted by atomic mass is 16.4. The number of aliphatic carboxylic acids is 1. The van der Waals surface area contributed by atoms with Gasteiger partial charge in [0.05, 0.1) is 18.3 Å². The molecule has 1 fully saturated rings. The second-order valence-corrected chi connectivity index (χ2v) is 7.41. The van der Waals surface area contributed by atoms with Crippen LogP contribution in [0.4, 0.5) is 0 Å². The molecule has 0 aromatic heterocycles. The van der Waals surface area contributed by atoms with Crippen LogP contribution >= 0.6 is 0 Å². The molecule has 4 N–H and O–H groups in total. The van der Waals surface area contributed by atoms with Gasteiger partial charge in [-0.05, 0) is 25.2 Å². The molecule has 0 unspecified atom stereocenters. The van der Waals surface area contributed by atoms with Crippen molar-refractivity contribution in [3.05, 3.63) is 12.2 Å². The van der Waals surface area contributed by atoms with Gasteiger partial charge in [0.15, 0.2) is 0 Å². The van der Waals surface area contributed by atoms with Crippen LogP contribution in [0.5, 0.6) is 0 Å². The van der Waals surface area contributed by atoms with E-state index in [1.54, 1.807) is 6.08 Å². The van der Waals surface area contributed by atoms with Gasteiger partial charge in [0.2, 0.25) is 0 Å². The minimum atomic E-state index is -0.753. The van der Waals surface area contributed by atoms with Crippen molar-refractivity contribution in [2.45, 2.75) is 95.9 Å². The first-order chi connectivity index (χ1) is 12.0. The molecule has 0 saturated heterocycles. The van der Waals surface area contributed by atoms with Gasteiger partial charge >= 0.3 is 5.97 Å². The minimum Gasteiger partial charge on any atom is -0.481 e. The van der Waals surface area contributed by atoms with Crippen molar-refractivity contribution in [1.82, 2.24) is 0 Å². The number of carboxylic acid groups (broad SMARTS) is 1. The minimum absolute atomic E-state index is 0.0218. The van der Waals surface area contributed by atoms with E-state index in [-0.39, 0.29) is 18.3 Å². The molecule has 0 spiro atoms. The Morgan fingerprint density at radius 3 is 2.48 bits per heavy atom. The first-order valence-electron chi connectivity index (χ1n) is 9.90. The number of carboxylic acids is 1. The number of aliphatic hydroxyl groups is 3. The van der Waals surface area contributed by atoms with Gasteiger partial charge < -0.3 is 20.4 Å². The lowest BCUT2D eigenvalue weighted by Gasteiger charge is -2.21. The third-order valence-electron chi connectivity index (χ3n) is 5.25. The van der Waals surface area contributed by atoms with Crippen molar-refractivity contribution in [2.75, 3.05) is 0 Å². The fourth-order valence-electron chi connectivity index (χ4n) is 3.74. The Morgan fingerprint density at radius 2 is 1.80 bits per heavy atom. The van der Waals surface area contributed by atoms with E-state index in [1.807, 2.05) is 6.08 Å². The van der Waals surface area contributed by atoms with Gasteiger partial charge in [0.25, 0.3) is 0 Å². The van der Waals surface area contributed by atoms with Crippen LogP contribution in [0.3, 0.4) is 0 Å². The normalized spacial score (nSPS) is 27.8. The summed E-state index contributed by atoms with van der Waals surface area (Å²) in [5.74, 6) is -0.833. The van der Waals surface area contributed by atoms with Crippen LogP contribution in [0.2, 0.25) is 0 Å². The quantitative estimate of drug-likeness (QED) is 0.300. The molecule has 0 bridgehead atoms. The zero-order valence-electron chi connectivity index (χ0n) is 15.5. The summed E-state index contributed by atoms with van der Waals surface area (Å²) < 4.78 is 0. The molecule has 5 heteroatoms. The van der Waals surface area contributed by atoms with Gasteiger partial charge in [-0.25, -0.2) is 0 Å². The number of unbranched alkanes of at least 4 members (excludes halogenated alkanes) is 5. The van der Waals surface area contributed by atoms with E-state index in [4.69, 9.17) is 5.11 Å². The van der Waals surface area contributed by atoms with E-state index in [0.29, 0.717) is 12.8 Å². The first-order valence-corrected chi connectivity index (χ1v) is 9.90. The third-order valence-corrected chi connectivity index (χ3v) is 5.25. The van der Waals surface area contributed by atoms with E-state index < -0.39 is 24.3 Å². The molecule has 1 aliphatic carbocycles. The summed E-state index contributed by atoms with van der Waals surface area (Å²) in [7, 11) is 0. The lowest BCUT2D eigenvalue weighted by molar-refractivity contribution is -0.137. The number of aliphatic hydroxyl groups excluding tert-OH is 3. The summed E-state index contributed by atoms with van der Waals surface area (Å²) in [6, 6.07) is 0. The molecule has 0 amide bonds. The zero-order chi connectivity index (χ0) is 18.7. The second kappa shape index (κ2) is 12.4. The van der Waals surface area contributed by atoms with Gasteiger partial charge in [-0.15, -0.1) is 0 Å². The molecule has 1 rings (SSSR count). The maximum absolute atomic E-state index is 10.5. The maximum atomic E-state index is 10.5. The lowest BCUT2D eigenvalue weighted by atomic mass is 9.88. The summed E-state index contributed by atoms with van der Waals surface area (Å²) in [6.45, 7) is 2.13. The molecule has 146 valence electrons. The Hall–Kier alpha value is -0.910. The molecule has 0 radical (unpaired) electrons. The third kappa shape index (κ3) is 8.84. The Morgan fingerprint density at radius 1 is 1.08 bits per heavy atom. The van der Waals surface area contributed by atoms with Crippen LogP contribution < -0.4 is 0 Å². The highest BCUT2D eigenvalue weighted by Crippen LogP contribution is 2.37. The van der Waals surface area contributed by atoms with E-state index in [2.05, 4.69) is 6.92 Å². The predicted molar refractivity (Wildman–Crippen MR) is 98.2 cm³/mol. The second-order valence-electron chi connectivity index (χ2n) is 7.41. The van der Waals surface area contributed by atoms with Gasteiger partial charge in [-0.2, -0.15) is 0 Å². The van der Waals surface area contributed by atoms with Crippen molar-refractivity contribution < 1.29 is 25.2 Å². The van der Waals surface area contributed by atoms with Crippen LogP contribution in [0.15, 0.2) is 12.2 Å². The SMILES string of the molecule is CCCCC[C@H](O)/C=C/[C@@H]1[C@@H](CCCCCCC(=O)O)[C@@H](O)C[C@@H]1O. The maximum Gasteiger partial charge on any atom is 0.303 e. The molecule has 1 saturated carbocycles. The number of hydrogen-bond acceptors (Lipinski definition) is 4. The van der Waals surface area contributed by atoms with E-state index in [1.165, 1.54) is 0 Å². The summed E-state index contributed by atoms with van der Waals surface area (Å²) in [6.07, 6.45) is 11.0. The van der Waals surface area contributed by atoms with Crippen molar-refractivity contribution in [2.24, 2.45) is 11.8 Å². The molecular weight excluding hydrogens is 320 g/mol. The fourth-order valence-corrected chi connectivity index (χ4v) is 3.74.